The van der Waals surface area contributed by atoms with Crippen LogP contribution in [0.15, 0.2) is 48.7 Å². The van der Waals surface area contributed by atoms with Crippen molar-refractivity contribution in [2.75, 3.05) is 11.9 Å². The molecule has 1 aromatic carbocycles. The van der Waals surface area contributed by atoms with Crippen LogP contribution >= 0.6 is 0 Å². The average Bonchev–Trinajstić information content (AvgIpc) is 3.35. The fourth-order valence-corrected chi connectivity index (χ4v) is 3.30. The van der Waals surface area contributed by atoms with E-state index in [0.717, 1.165) is 10.7 Å². The molecular formula is C20H15F3N6O3. The van der Waals surface area contributed by atoms with Crippen molar-refractivity contribution in [1.29, 1.82) is 0 Å². The molecule has 0 radical (unpaired) electrons. The zero-order valence-electron chi connectivity index (χ0n) is 16.5. The number of anilines is 1. The molecule has 164 valence electrons. The van der Waals surface area contributed by atoms with Gasteiger partial charge in [-0.2, -0.15) is 23.3 Å². The van der Waals surface area contributed by atoms with Crippen LogP contribution in [0.4, 0.5) is 19.1 Å². The van der Waals surface area contributed by atoms with Crippen LogP contribution in [-0.2, 0) is 18.0 Å². The SMILES string of the molecule is Cn1nc(C(F)(F)F)cc1-c1ccc2nc(NC(=O)[C@H]3COc4ccccc4O3)nn2c1. The molecule has 12 heteroatoms. The standard InChI is InChI=1S/C20H15F3N6O3/c1-28-12(8-16(26-28)20(21,22)23)11-6-7-17-24-19(27-29(17)9-11)25-18(30)15-10-31-13-4-2-3-5-14(13)32-15/h2-9,15H,10H2,1H3,(H,25,27,30)/t15-/m1/s1. The Hall–Kier alpha value is -4.09. The lowest BCUT2D eigenvalue weighted by Crippen LogP contribution is -2.40. The number of rotatable bonds is 3. The Morgan fingerprint density at radius 1 is 1.16 bits per heavy atom. The van der Waals surface area contributed by atoms with E-state index in [0.29, 0.717) is 22.7 Å². The summed E-state index contributed by atoms with van der Waals surface area (Å²) in [5.41, 5.74) is 0.115. The van der Waals surface area contributed by atoms with Crippen LogP contribution in [-0.4, -0.2) is 43.0 Å². The van der Waals surface area contributed by atoms with E-state index >= 15 is 0 Å². The molecule has 1 aliphatic heterocycles. The Morgan fingerprint density at radius 2 is 1.94 bits per heavy atom. The van der Waals surface area contributed by atoms with E-state index in [4.69, 9.17) is 9.47 Å². The summed E-state index contributed by atoms with van der Waals surface area (Å²) in [6.07, 6.45) is -3.93. The first-order valence-electron chi connectivity index (χ1n) is 9.45. The summed E-state index contributed by atoms with van der Waals surface area (Å²) >= 11 is 0. The molecule has 9 nitrogen and oxygen atoms in total. The van der Waals surface area contributed by atoms with E-state index in [2.05, 4.69) is 20.5 Å². The van der Waals surface area contributed by atoms with Gasteiger partial charge in [0.2, 0.25) is 12.1 Å². The molecule has 4 heterocycles. The van der Waals surface area contributed by atoms with Gasteiger partial charge in [-0.05, 0) is 30.3 Å². The van der Waals surface area contributed by atoms with E-state index < -0.39 is 23.9 Å². The Morgan fingerprint density at radius 3 is 2.69 bits per heavy atom. The van der Waals surface area contributed by atoms with Crippen LogP contribution in [0.1, 0.15) is 5.69 Å². The monoisotopic (exact) mass is 444 g/mol. The van der Waals surface area contributed by atoms with Crippen molar-refractivity contribution in [3.63, 3.8) is 0 Å². The van der Waals surface area contributed by atoms with Gasteiger partial charge in [-0.25, -0.2) is 4.52 Å². The third kappa shape index (κ3) is 3.59. The van der Waals surface area contributed by atoms with Crippen LogP contribution in [0.2, 0.25) is 0 Å². The molecule has 32 heavy (non-hydrogen) atoms. The Kier molecular flexibility index (Phi) is 4.50. The number of amides is 1. The van der Waals surface area contributed by atoms with Gasteiger partial charge < -0.3 is 9.47 Å². The number of nitrogens with one attached hydrogen (secondary N) is 1. The Labute approximate surface area is 178 Å². The largest absolute Gasteiger partial charge is 0.485 e. The lowest BCUT2D eigenvalue weighted by molar-refractivity contribution is -0.141. The number of nitrogens with zero attached hydrogens (tertiary/aromatic N) is 5. The number of aryl methyl sites for hydroxylation is 1. The molecule has 0 saturated carbocycles. The van der Waals surface area contributed by atoms with Crippen molar-refractivity contribution in [1.82, 2.24) is 24.4 Å². The second-order valence-corrected chi connectivity index (χ2v) is 7.05. The van der Waals surface area contributed by atoms with E-state index in [1.165, 1.54) is 17.8 Å². The van der Waals surface area contributed by atoms with Crippen molar-refractivity contribution in [3.05, 3.63) is 54.4 Å². The quantitative estimate of drug-likeness (QED) is 0.522. The molecule has 0 bridgehead atoms. The number of benzene rings is 1. The van der Waals surface area contributed by atoms with Gasteiger partial charge in [-0.15, -0.1) is 5.10 Å². The second kappa shape index (κ2) is 7.25. The van der Waals surface area contributed by atoms with E-state index in [-0.39, 0.29) is 18.2 Å². The predicted octanol–water partition coefficient (Wildman–Crippen LogP) is 2.93. The highest BCUT2D eigenvalue weighted by Crippen LogP contribution is 2.32. The van der Waals surface area contributed by atoms with Crippen LogP contribution in [0, 0.1) is 0 Å². The lowest BCUT2D eigenvalue weighted by atomic mass is 10.2. The minimum Gasteiger partial charge on any atom is -0.485 e. The van der Waals surface area contributed by atoms with Gasteiger partial charge >= 0.3 is 6.18 Å². The number of fused-ring (bicyclic) bond motifs is 2. The van der Waals surface area contributed by atoms with Crippen molar-refractivity contribution < 1.29 is 27.4 Å². The molecule has 1 amide bonds. The molecule has 0 spiro atoms. The summed E-state index contributed by atoms with van der Waals surface area (Å²) in [7, 11) is 1.42. The zero-order valence-corrected chi connectivity index (χ0v) is 16.5. The number of ether oxygens (including phenoxy) is 2. The van der Waals surface area contributed by atoms with Gasteiger partial charge in [0.1, 0.15) is 6.61 Å². The minimum atomic E-state index is -4.55. The van der Waals surface area contributed by atoms with Crippen molar-refractivity contribution in [3.8, 4) is 22.8 Å². The first-order chi connectivity index (χ1) is 15.3. The molecule has 1 atom stereocenters. The number of para-hydroxylation sites is 2. The minimum absolute atomic E-state index is 0.0237. The number of alkyl halides is 3. The van der Waals surface area contributed by atoms with E-state index in [1.54, 1.807) is 36.4 Å². The molecular weight excluding hydrogens is 429 g/mol. The third-order valence-corrected chi connectivity index (χ3v) is 4.83. The zero-order chi connectivity index (χ0) is 22.5. The molecule has 0 unspecified atom stereocenters. The molecule has 5 rings (SSSR count). The fraction of sp³-hybridized carbons (Fsp3) is 0.200. The summed E-state index contributed by atoms with van der Waals surface area (Å²) < 4.78 is 52.5. The smallest absolute Gasteiger partial charge is 0.435 e. The number of aromatic nitrogens is 5. The highest BCUT2D eigenvalue weighted by molar-refractivity contribution is 5.93. The number of carbonyl (C=O) groups excluding carboxylic acids is 1. The van der Waals surface area contributed by atoms with E-state index in [9.17, 15) is 18.0 Å². The van der Waals surface area contributed by atoms with Crippen molar-refractivity contribution in [2.45, 2.75) is 12.3 Å². The maximum absolute atomic E-state index is 12.9. The number of hydrogen-bond donors (Lipinski definition) is 1. The molecule has 1 aliphatic rings. The maximum Gasteiger partial charge on any atom is 0.435 e. The highest BCUT2D eigenvalue weighted by Gasteiger charge is 2.34. The van der Waals surface area contributed by atoms with Gasteiger partial charge in [0.15, 0.2) is 22.8 Å². The van der Waals surface area contributed by atoms with Crippen molar-refractivity contribution >= 4 is 17.5 Å². The molecule has 4 aromatic rings. The van der Waals surface area contributed by atoms with Crippen LogP contribution < -0.4 is 14.8 Å². The topological polar surface area (TPSA) is 95.6 Å². The van der Waals surface area contributed by atoms with Crippen LogP contribution in [0.5, 0.6) is 11.5 Å². The number of halogens is 3. The average molecular weight is 444 g/mol. The van der Waals surface area contributed by atoms with Gasteiger partial charge in [0, 0.05) is 18.8 Å². The summed E-state index contributed by atoms with van der Waals surface area (Å²) in [5.74, 6) is 0.548. The normalized spacial score (nSPS) is 15.7. The maximum atomic E-state index is 12.9. The number of hydrogen-bond acceptors (Lipinski definition) is 6. The Balaban J connectivity index is 1.36. The van der Waals surface area contributed by atoms with Gasteiger partial charge in [-0.1, -0.05) is 12.1 Å². The summed E-state index contributed by atoms with van der Waals surface area (Å²) in [4.78, 5) is 16.8. The molecule has 0 saturated heterocycles. The third-order valence-electron chi connectivity index (χ3n) is 4.83. The fourth-order valence-electron chi connectivity index (χ4n) is 3.30. The molecule has 0 aliphatic carbocycles. The highest BCUT2D eigenvalue weighted by atomic mass is 19.4. The van der Waals surface area contributed by atoms with Gasteiger partial charge in [0.05, 0.1) is 5.69 Å². The summed E-state index contributed by atoms with van der Waals surface area (Å²) in [6.45, 7) is 0.0302. The van der Waals surface area contributed by atoms with Gasteiger partial charge in [0.25, 0.3) is 5.91 Å². The second-order valence-electron chi connectivity index (χ2n) is 7.05. The predicted molar refractivity (Wildman–Crippen MR) is 105 cm³/mol. The van der Waals surface area contributed by atoms with Crippen LogP contribution in [0.25, 0.3) is 16.9 Å². The number of carbonyl (C=O) groups is 1. The summed E-state index contributed by atoms with van der Waals surface area (Å²) in [6, 6.07) is 11.1. The molecule has 1 N–H and O–H groups in total. The number of pyridine rings is 1. The van der Waals surface area contributed by atoms with E-state index in [1.807, 2.05) is 0 Å². The lowest BCUT2D eigenvalue weighted by Gasteiger charge is -2.25. The Bertz CT molecular complexity index is 1330. The molecule has 3 aromatic heterocycles. The molecule has 0 fully saturated rings. The van der Waals surface area contributed by atoms with Crippen LogP contribution in [0.3, 0.4) is 0 Å². The first kappa shape index (κ1) is 19.8. The van der Waals surface area contributed by atoms with Crippen molar-refractivity contribution in [2.24, 2.45) is 7.05 Å². The first-order valence-corrected chi connectivity index (χ1v) is 9.45. The van der Waals surface area contributed by atoms with Gasteiger partial charge in [-0.3, -0.25) is 14.8 Å². The summed E-state index contributed by atoms with van der Waals surface area (Å²) in [5, 5.41) is 10.3.